The quantitative estimate of drug-likeness (QED) is 0.813. The van der Waals surface area contributed by atoms with Gasteiger partial charge in [0.25, 0.3) is 0 Å². The van der Waals surface area contributed by atoms with E-state index in [1.54, 1.807) is 0 Å². The Kier molecular flexibility index (Phi) is 3.19. The van der Waals surface area contributed by atoms with Gasteiger partial charge in [-0.2, -0.15) is 4.36 Å². The van der Waals surface area contributed by atoms with Gasteiger partial charge in [-0.05, 0) is 44.5 Å². The molecular formula is C12H17NO2S. The van der Waals surface area contributed by atoms with Crippen molar-refractivity contribution in [1.29, 1.82) is 0 Å². The van der Waals surface area contributed by atoms with Gasteiger partial charge in [-0.25, -0.2) is 4.21 Å². The molecule has 2 rings (SSSR count). The molecule has 1 aromatic carbocycles. The maximum absolute atomic E-state index is 11.9. The van der Waals surface area contributed by atoms with Crippen LogP contribution in [-0.4, -0.2) is 21.8 Å². The van der Waals surface area contributed by atoms with Gasteiger partial charge in [0.1, 0.15) is 5.75 Å². The van der Waals surface area contributed by atoms with Crippen molar-refractivity contribution in [1.82, 2.24) is 0 Å². The van der Waals surface area contributed by atoms with Crippen LogP contribution in [0.5, 0.6) is 5.75 Å². The maximum Gasteiger partial charge on any atom is 0.119 e. The van der Waals surface area contributed by atoms with Crippen LogP contribution in [0.2, 0.25) is 0 Å². The smallest absolute Gasteiger partial charge is 0.119 e. The van der Waals surface area contributed by atoms with Crippen LogP contribution in [0.4, 0.5) is 5.69 Å². The minimum atomic E-state index is -1.89. The molecule has 1 saturated heterocycles. The lowest BCUT2D eigenvalue weighted by molar-refractivity contribution is 0.242. The van der Waals surface area contributed by atoms with Crippen LogP contribution in [-0.2, 0) is 9.73 Å². The van der Waals surface area contributed by atoms with Gasteiger partial charge in [0.15, 0.2) is 0 Å². The first-order valence-electron chi connectivity index (χ1n) is 5.57. The van der Waals surface area contributed by atoms with E-state index in [-0.39, 0.29) is 6.10 Å². The zero-order valence-electron chi connectivity index (χ0n) is 9.68. The third-order valence-corrected chi connectivity index (χ3v) is 4.80. The van der Waals surface area contributed by atoms with Crippen LogP contribution in [0.15, 0.2) is 28.6 Å². The van der Waals surface area contributed by atoms with Crippen molar-refractivity contribution in [3.63, 3.8) is 0 Å². The molecule has 88 valence electrons. The molecule has 1 aromatic rings. The molecule has 0 aromatic heterocycles. The third-order valence-electron chi connectivity index (χ3n) is 2.41. The number of rotatable bonds is 3. The highest BCUT2D eigenvalue weighted by atomic mass is 32.2. The summed E-state index contributed by atoms with van der Waals surface area (Å²) in [5.74, 6) is 2.33. The minimum Gasteiger partial charge on any atom is -0.491 e. The van der Waals surface area contributed by atoms with Gasteiger partial charge in [-0.3, -0.25) is 0 Å². The lowest BCUT2D eigenvalue weighted by Gasteiger charge is -2.17. The fourth-order valence-electron chi connectivity index (χ4n) is 1.53. The van der Waals surface area contributed by atoms with Crippen molar-refractivity contribution in [2.75, 3.05) is 11.5 Å². The lowest BCUT2D eigenvalue weighted by atomic mass is 10.3. The van der Waals surface area contributed by atoms with Gasteiger partial charge in [-0.15, -0.1) is 0 Å². The second-order valence-electron chi connectivity index (χ2n) is 4.29. The van der Waals surface area contributed by atoms with Gasteiger partial charge in [-0.1, -0.05) is 0 Å². The standard InChI is InChI=1S/C12H17NO2S/c1-10(2)15-12-6-4-11(5-7-12)13-16(14)8-3-9-16/h4-7,10H,3,8-9H2,1-2H3. The molecule has 1 aliphatic rings. The van der Waals surface area contributed by atoms with Crippen molar-refractivity contribution in [2.45, 2.75) is 26.4 Å². The summed E-state index contributed by atoms with van der Waals surface area (Å²) in [5.41, 5.74) is 0.792. The monoisotopic (exact) mass is 239 g/mol. The first kappa shape index (κ1) is 11.5. The van der Waals surface area contributed by atoms with Crippen LogP contribution in [0.3, 0.4) is 0 Å². The second-order valence-corrected chi connectivity index (χ2v) is 6.83. The molecule has 16 heavy (non-hydrogen) atoms. The van der Waals surface area contributed by atoms with Crippen molar-refractivity contribution in [3.8, 4) is 5.75 Å². The van der Waals surface area contributed by atoms with Crippen LogP contribution in [0.25, 0.3) is 0 Å². The van der Waals surface area contributed by atoms with Crippen LogP contribution in [0.1, 0.15) is 20.3 Å². The van der Waals surface area contributed by atoms with E-state index in [2.05, 4.69) is 4.36 Å². The van der Waals surface area contributed by atoms with E-state index in [4.69, 9.17) is 4.74 Å². The number of benzene rings is 1. The van der Waals surface area contributed by atoms with Gasteiger partial charge in [0.2, 0.25) is 0 Å². The Morgan fingerprint density at radius 3 is 2.31 bits per heavy atom. The molecule has 0 bridgehead atoms. The van der Waals surface area contributed by atoms with Crippen molar-refractivity contribution in [3.05, 3.63) is 24.3 Å². The summed E-state index contributed by atoms with van der Waals surface area (Å²) in [6.07, 6.45) is 1.21. The summed E-state index contributed by atoms with van der Waals surface area (Å²) in [4.78, 5) is 0. The highest BCUT2D eigenvalue weighted by molar-refractivity contribution is 7.95. The van der Waals surface area contributed by atoms with Gasteiger partial charge in [0.05, 0.1) is 21.5 Å². The highest BCUT2D eigenvalue weighted by Gasteiger charge is 2.18. The highest BCUT2D eigenvalue weighted by Crippen LogP contribution is 2.23. The normalized spacial score (nSPS) is 17.9. The predicted octanol–water partition coefficient (Wildman–Crippen LogP) is 2.98. The van der Waals surface area contributed by atoms with E-state index in [9.17, 15) is 4.21 Å². The molecule has 0 radical (unpaired) electrons. The van der Waals surface area contributed by atoms with E-state index in [0.717, 1.165) is 29.4 Å². The minimum absolute atomic E-state index is 0.172. The Morgan fingerprint density at radius 1 is 1.25 bits per heavy atom. The Balaban J connectivity index is 2.14. The molecule has 1 heterocycles. The molecule has 0 amide bonds. The van der Waals surface area contributed by atoms with Crippen molar-refractivity contribution in [2.24, 2.45) is 4.36 Å². The summed E-state index contributed by atoms with van der Waals surface area (Å²) < 4.78 is 21.7. The number of nitrogens with zero attached hydrogens (tertiary/aromatic N) is 1. The summed E-state index contributed by atoms with van der Waals surface area (Å²) >= 11 is 0. The van der Waals surface area contributed by atoms with Crippen LogP contribution >= 0.6 is 0 Å². The summed E-state index contributed by atoms with van der Waals surface area (Å²) in [6, 6.07) is 7.48. The van der Waals surface area contributed by atoms with E-state index in [1.807, 2.05) is 38.1 Å². The SMILES string of the molecule is CC(C)Oc1ccc(N=S2(=O)CCC2)cc1. The zero-order valence-corrected chi connectivity index (χ0v) is 10.5. The van der Waals surface area contributed by atoms with Gasteiger partial charge < -0.3 is 4.74 Å². The van der Waals surface area contributed by atoms with Crippen molar-refractivity contribution < 1.29 is 8.95 Å². The zero-order chi connectivity index (χ0) is 11.6. The maximum atomic E-state index is 11.9. The molecule has 1 fully saturated rings. The number of ether oxygens (including phenoxy) is 1. The number of hydrogen-bond acceptors (Lipinski definition) is 3. The van der Waals surface area contributed by atoms with E-state index < -0.39 is 9.73 Å². The van der Waals surface area contributed by atoms with E-state index in [0.29, 0.717) is 0 Å². The summed E-state index contributed by atoms with van der Waals surface area (Å²) in [6.45, 7) is 3.98. The molecule has 3 nitrogen and oxygen atoms in total. The molecular weight excluding hydrogens is 222 g/mol. The molecule has 0 unspecified atom stereocenters. The summed E-state index contributed by atoms with van der Waals surface area (Å²) in [7, 11) is -1.89. The third kappa shape index (κ3) is 2.76. The average Bonchev–Trinajstić information content (AvgIpc) is 2.18. The fourth-order valence-corrected chi connectivity index (χ4v) is 3.00. The molecule has 0 N–H and O–H groups in total. The van der Waals surface area contributed by atoms with Crippen LogP contribution < -0.4 is 4.74 Å². The molecule has 0 atom stereocenters. The van der Waals surface area contributed by atoms with Gasteiger partial charge >= 0.3 is 0 Å². The molecule has 0 aliphatic carbocycles. The van der Waals surface area contributed by atoms with E-state index >= 15 is 0 Å². The fraction of sp³-hybridized carbons (Fsp3) is 0.500. The predicted molar refractivity (Wildman–Crippen MR) is 66.8 cm³/mol. The second kappa shape index (κ2) is 4.45. The molecule has 0 spiro atoms. The largest absolute Gasteiger partial charge is 0.491 e. The topological polar surface area (TPSA) is 38.7 Å². The lowest BCUT2D eigenvalue weighted by Crippen LogP contribution is -2.22. The van der Waals surface area contributed by atoms with Crippen molar-refractivity contribution >= 4 is 15.4 Å². The summed E-state index contributed by atoms with van der Waals surface area (Å²) in [5, 5.41) is 0. The Bertz CT molecular complexity index is 460. The van der Waals surface area contributed by atoms with Crippen LogP contribution in [0, 0.1) is 0 Å². The first-order valence-corrected chi connectivity index (χ1v) is 7.42. The molecule has 4 heteroatoms. The molecule has 0 saturated carbocycles. The average molecular weight is 239 g/mol. The Morgan fingerprint density at radius 2 is 1.88 bits per heavy atom. The van der Waals surface area contributed by atoms with Gasteiger partial charge in [0, 0.05) is 11.5 Å². The first-order chi connectivity index (χ1) is 7.57. The Labute approximate surface area is 97.0 Å². The Hall–Kier alpha value is -1.03. The van der Waals surface area contributed by atoms with E-state index in [1.165, 1.54) is 0 Å². The number of hydrogen-bond donors (Lipinski definition) is 0. The molecule has 1 aliphatic heterocycles.